The van der Waals surface area contributed by atoms with Gasteiger partial charge >= 0.3 is 6.03 Å². The highest BCUT2D eigenvalue weighted by Gasteiger charge is 2.19. The number of pyridine rings is 1. The van der Waals surface area contributed by atoms with Crippen molar-refractivity contribution in [3.05, 3.63) is 53.2 Å². The number of carbonyl (C=O) groups is 2. The third kappa shape index (κ3) is 4.74. The lowest BCUT2D eigenvalue weighted by molar-refractivity contribution is -0.119. The number of hydrogen-bond acceptors (Lipinski definition) is 5. The number of urea groups is 1. The van der Waals surface area contributed by atoms with E-state index in [1.54, 1.807) is 13.0 Å². The number of H-pyrrole nitrogens is 1. The largest absolute Gasteiger partial charge is 0.334 e. The lowest BCUT2D eigenvalue weighted by atomic mass is 10.2. The molecule has 0 aliphatic carbocycles. The zero-order chi connectivity index (χ0) is 18.5. The summed E-state index contributed by atoms with van der Waals surface area (Å²) in [6.07, 6.45) is 1.51. The summed E-state index contributed by atoms with van der Waals surface area (Å²) in [5, 5.41) is 5.48. The molecule has 0 radical (unpaired) electrons. The second-order valence-electron chi connectivity index (χ2n) is 5.48. The first-order valence-electron chi connectivity index (χ1n) is 7.82. The molecule has 3 rings (SSSR count). The number of imide groups is 1. The number of nitrogens with zero attached hydrogens (tertiary/aromatic N) is 2. The Kier molecular flexibility index (Phi) is 5.75. The molecule has 0 fully saturated rings. The molecular weight excluding hydrogens is 374 g/mol. The van der Waals surface area contributed by atoms with Crippen LogP contribution in [-0.2, 0) is 11.3 Å². The van der Waals surface area contributed by atoms with Crippen molar-refractivity contribution in [1.29, 1.82) is 0 Å². The highest BCUT2D eigenvalue weighted by Crippen LogP contribution is 2.23. The van der Waals surface area contributed by atoms with Gasteiger partial charge in [-0.2, -0.15) is 0 Å². The van der Waals surface area contributed by atoms with Gasteiger partial charge in [-0.05, 0) is 18.6 Å². The van der Waals surface area contributed by atoms with Crippen LogP contribution in [0.5, 0.6) is 0 Å². The van der Waals surface area contributed by atoms with Crippen molar-refractivity contribution in [1.82, 2.24) is 25.6 Å². The van der Waals surface area contributed by atoms with Crippen molar-refractivity contribution in [2.45, 2.75) is 23.9 Å². The monoisotopic (exact) mass is 389 g/mol. The second kappa shape index (κ2) is 8.20. The van der Waals surface area contributed by atoms with Crippen LogP contribution in [0.2, 0.25) is 5.02 Å². The molecule has 0 spiro atoms. The molecule has 3 amide bonds. The lowest BCUT2D eigenvalue weighted by Gasteiger charge is -2.10. The van der Waals surface area contributed by atoms with E-state index in [1.165, 1.54) is 18.0 Å². The molecule has 3 N–H and O–H groups in total. The average molecular weight is 390 g/mol. The van der Waals surface area contributed by atoms with Crippen LogP contribution >= 0.6 is 23.4 Å². The minimum atomic E-state index is -0.538. The molecule has 0 saturated heterocycles. The number of halogens is 1. The van der Waals surface area contributed by atoms with E-state index < -0.39 is 17.2 Å². The number of thioether (sulfide) groups is 1. The minimum absolute atomic E-state index is 0.345. The van der Waals surface area contributed by atoms with Crippen molar-refractivity contribution >= 4 is 46.5 Å². The Bertz CT molecular complexity index is 931. The fourth-order valence-electron chi connectivity index (χ4n) is 2.17. The maximum atomic E-state index is 12.2. The van der Waals surface area contributed by atoms with Gasteiger partial charge in [0.25, 0.3) is 0 Å². The van der Waals surface area contributed by atoms with Crippen LogP contribution in [-0.4, -0.2) is 32.1 Å². The Labute approximate surface area is 158 Å². The van der Waals surface area contributed by atoms with Gasteiger partial charge in [0, 0.05) is 12.7 Å². The standard InChI is InChI=1S/C17H16ClN5O2S/c1-10(26-17-21-13-7-12(18)9-19-14(13)22-17)15(24)23-16(25)20-8-11-5-3-2-4-6-11/h2-7,9-10H,8H2,1H3,(H,19,21,22)(H2,20,23,24,25)/t10-/m0/s1. The van der Waals surface area contributed by atoms with Crippen molar-refractivity contribution in [2.75, 3.05) is 0 Å². The van der Waals surface area contributed by atoms with E-state index in [-0.39, 0.29) is 0 Å². The molecule has 0 bridgehead atoms. The van der Waals surface area contributed by atoms with Crippen molar-refractivity contribution in [2.24, 2.45) is 0 Å². The molecule has 0 aliphatic heterocycles. The van der Waals surface area contributed by atoms with Crippen LogP contribution in [0.3, 0.4) is 0 Å². The molecule has 0 unspecified atom stereocenters. The van der Waals surface area contributed by atoms with Crippen LogP contribution in [0.15, 0.2) is 47.8 Å². The van der Waals surface area contributed by atoms with Gasteiger partial charge < -0.3 is 10.3 Å². The van der Waals surface area contributed by atoms with E-state index in [2.05, 4.69) is 25.6 Å². The zero-order valence-electron chi connectivity index (χ0n) is 13.8. The number of aromatic nitrogens is 3. The third-order valence-corrected chi connectivity index (χ3v) is 4.66. The molecule has 9 heteroatoms. The molecule has 26 heavy (non-hydrogen) atoms. The fraction of sp³-hybridized carbons (Fsp3) is 0.176. The number of nitrogens with one attached hydrogen (secondary N) is 3. The summed E-state index contributed by atoms with van der Waals surface area (Å²) >= 11 is 7.09. The lowest BCUT2D eigenvalue weighted by Crippen LogP contribution is -2.42. The van der Waals surface area contributed by atoms with Gasteiger partial charge in [0.15, 0.2) is 10.8 Å². The summed E-state index contributed by atoms with van der Waals surface area (Å²) in [6.45, 7) is 2.04. The molecule has 0 saturated carbocycles. The number of amides is 3. The van der Waals surface area contributed by atoms with Crippen LogP contribution in [0.1, 0.15) is 12.5 Å². The van der Waals surface area contributed by atoms with E-state index >= 15 is 0 Å². The van der Waals surface area contributed by atoms with E-state index in [9.17, 15) is 9.59 Å². The van der Waals surface area contributed by atoms with Gasteiger partial charge in [0.2, 0.25) is 5.91 Å². The fourth-order valence-corrected chi connectivity index (χ4v) is 3.13. The summed E-state index contributed by atoms with van der Waals surface area (Å²) in [5.41, 5.74) is 2.16. The Hall–Kier alpha value is -2.58. The SMILES string of the molecule is C[C@H](Sc1nc2ncc(Cl)cc2[nH]1)C(=O)NC(=O)NCc1ccccc1. The van der Waals surface area contributed by atoms with Crippen molar-refractivity contribution in [3.63, 3.8) is 0 Å². The predicted molar refractivity (Wildman–Crippen MR) is 101 cm³/mol. The molecule has 0 aliphatic rings. The summed E-state index contributed by atoms with van der Waals surface area (Å²) in [5.74, 6) is -0.410. The molecule has 1 atom stereocenters. The second-order valence-corrected chi connectivity index (χ2v) is 7.25. The maximum Gasteiger partial charge on any atom is 0.321 e. The quantitative estimate of drug-likeness (QED) is 0.582. The van der Waals surface area contributed by atoms with Gasteiger partial charge in [-0.15, -0.1) is 0 Å². The van der Waals surface area contributed by atoms with E-state index in [4.69, 9.17) is 11.6 Å². The van der Waals surface area contributed by atoms with Crippen molar-refractivity contribution < 1.29 is 9.59 Å². The Morgan fingerprint density at radius 2 is 2.08 bits per heavy atom. The molecule has 2 aromatic heterocycles. The molecule has 134 valence electrons. The van der Waals surface area contributed by atoms with Gasteiger partial charge in [-0.3, -0.25) is 10.1 Å². The van der Waals surface area contributed by atoms with Crippen LogP contribution in [0.4, 0.5) is 4.79 Å². The number of fused-ring (bicyclic) bond motifs is 1. The number of hydrogen-bond donors (Lipinski definition) is 3. The topological polar surface area (TPSA) is 99.8 Å². The molecule has 3 aromatic rings. The third-order valence-electron chi connectivity index (χ3n) is 3.47. The van der Waals surface area contributed by atoms with Gasteiger partial charge in [0.05, 0.1) is 15.8 Å². The van der Waals surface area contributed by atoms with Crippen molar-refractivity contribution in [3.8, 4) is 0 Å². The smallest absolute Gasteiger partial charge is 0.321 e. The number of rotatable bonds is 5. The summed E-state index contributed by atoms with van der Waals surface area (Å²) < 4.78 is 0. The highest BCUT2D eigenvalue weighted by atomic mass is 35.5. The van der Waals surface area contributed by atoms with E-state index in [0.29, 0.717) is 27.9 Å². The first-order chi connectivity index (χ1) is 12.5. The summed E-state index contributed by atoms with van der Waals surface area (Å²) in [4.78, 5) is 35.5. The number of imidazole rings is 1. The first kappa shape index (κ1) is 18.2. The number of aromatic amines is 1. The van der Waals surface area contributed by atoms with E-state index in [1.807, 2.05) is 30.3 Å². The van der Waals surface area contributed by atoms with Crippen LogP contribution in [0, 0.1) is 0 Å². The summed E-state index contributed by atoms with van der Waals surface area (Å²) in [6, 6.07) is 10.6. The van der Waals surface area contributed by atoms with Crippen LogP contribution in [0.25, 0.3) is 11.2 Å². The Morgan fingerprint density at radius 1 is 1.31 bits per heavy atom. The number of benzene rings is 1. The first-order valence-corrected chi connectivity index (χ1v) is 9.07. The Morgan fingerprint density at radius 3 is 2.85 bits per heavy atom. The zero-order valence-corrected chi connectivity index (χ0v) is 15.4. The van der Waals surface area contributed by atoms with Gasteiger partial charge in [0.1, 0.15) is 0 Å². The maximum absolute atomic E-state index is 12.2. The highest BCUT2D eigenvalue weighted by molar-refractivity contribution is 8.00. The number of carbonyl (C=O) groups excluding carboxylic acids is 2. The Balaban J connectivity index is 1.52. The van der Waals surface area contributed by atoms with Gasteiger partial charge in [-0.1, -0.05) is 53.7 Å². The average Bonchev–Trinajstić information content (AvgIpc) is 3.02. The predicted octanol–water partition coefficient (Wildman–Crippen LogP) is 3.12. The summed E-state index contributed by atoms with van der Waals surface area (Å²) in [7, 11) is 0. The minimum Gasteiger partial charge on any atom is -0.334 e. The normalized spacial score (nSPS) is 11.9. The molecule has 1 aromatic carbocycles. The van der Waals surface area contributed by atoms with E-state index in [0.717, 1.165) is 5.56 Å². The molecular formula is C17H16ClN5O2S. The molecule has 2 heterocycles. The van der Waals surface area contributed by atoms with Gasteiger partial charge in [-0.25, -0.2) is 14.8 Å². The molecule has 7 nitrogen and oxygen atoms in total. The van der Waals surface area contributed by atoms with Crippen LogP contribution < -0.4 is 10.6 Å².